The normalized spacial score (nSPS) is 11.1. The van der Waals surface area contributed by atoms with Gasteiger partial charge in [0.2, 0.25) is 0 Å². The number of amides is 1. The average Bonchev–Trinajstić information content (AvgIpc) is 2.61. The van der Waals surface area contributed by atoms with Crippen LogP contribution in [-0.2, 0) is 4.79 Å². The van der Waals surface area contributed by atoms with Crippen LogP contribution in [0.25, 0.3) is 10.8 Å². The number of nitriles is 1. The summed E-state index contributed by atoms with van der Waals surface area (Å²) in [6.07, 6.45) is 1.34. The standard InChI is InChI=1S/C18H19N3O3/c19-12-16(18(24)21(7-9-22)8-10-23)13-20-17-6-5-14-3-1-2-4-15(14)11-17/h1-6,11,13,20,22-23H,7-10H2/b16-13-. The second-order valence-electron chi connectivity index (χ2n) is 5.12. The number of rotatable bonds is 7. The molecule has 124 valence electrons. The van der Waals surface area contributed by atoms with Crippen molar-refractivity contribution in [2.75, 3.05) is 31.6 Å². The Hall–Kier alpha value is -2.88. The van der Waals surface area contributed by atoms with Crippen LogP contribution in [0.1, 0.15) is 0 Å². The summed E-state index contributed by atoms with van der Waals surface area (Å²) in [6, 6.07) is 15.5. The molecule has 24 heavy (non-hydrogen) atoms. The number of nitrogens with one attached hydrogen (secondary N) is 1. The molecule has 0 heterocycles. The molecule has 0 aliphatic carbocycles. The van der Waals surface area contributed by atoms with Crippen molar-refractivity contribution in [3.8, 4) is 6.07 Å². The SMILES string of the molecule is N#C/C(=C/Nc1ccc2ccccc2c1)C(=O)N(CCO)CCO. The summed E-state index contributed by atoms with van der Waals surface area (Å²) < 4.78 is 0. The van der Waals surface area contributed by atoms with Crippen molar-refractivity contribution in [2.45, 2.75) is 0 Å². The number of hydrogen-bond donors (Lipinski definition) is 3. The van der Waals surface area contributed by atoms with Crippen LogP contribution in [-0.4, -0.2) is 47.3 Å². The van der Waals surface area contributed by atoms with E-state index < -0.39 is 5.91 Å². The molecule has 0 saturated carbocycles. The molecule has 3 N–H and O–H groups in total. The molecule has 6 nitrogen and oxygen atoms in total. The first-order chi connectivity index (χ1) is 11.7. The van der Waals surface area contributed by atoms with Gasteiger partial charge < -0.3 is 20.4 Å². The van der Waals surface area contributed by atoms with Crippen LogP contribution in [0.15, 0.2) is 54.2 Å². The number of benzene rings is 2. The van der Waals surface area contributed by atoms with Crippen molar-refractivity contribution in [1.29, 1.82) is 5.26 Å². The van der Waals surface area contributed by atoms with Gasteiger partial charge in [-0.25, -0.2) is 0 Å². The Kier molecular flexibility index (Phi) is 6.32. The van der Waals surface area contributed by atoms with Gasteiger partial charge >= 0.3 is 0 Å². The van der Waals surface area contributed by atoms with Gasteiger partial charge in [0, 0.05) is 25.0 Å². The molecule has 0 aliphatic heterocycles. The molecular formula is C18H19N3O3. The molecule has 2 rings (SSSR count). The number of hydrogen-bond acceptors (Lipinski definition) is 5. The van der Waals surface area contributed by atoms with Crippen molar-refractivity contribution >= 4 is 22.4 Å². The maximum atomic E-state index is 12.3. The maximum absolute atomic E-state index is 12.3. The fourth-order valence-electron chi connectivity index (χ4n) is 2.30. The van der Waals surface area contributed by atoms with E-state index in [0.29, 0.717) is 0 Å². The van der Waals surface area contributed by atoms with E-state index in [2.05, 4.69) is 5.32 Å². The minimum atomic E-state index is -0.533. The minimum Gasteiger partial charge on any atom is -0.395 e. The number of anilines is 1. The second-order valence-corrected chi connectivity index (χ2v) is 5.12. The fourth-order valence-corrected chi connectivity index (χ4v) is 2.30. The number of aliphatic hydroxyl groups excluding tert-OH is 2. The molecule has 6 heteroatoms. The number of fused-ring (bicyclic) bond motifs is 1. The van der Waals surface area contributed by atoms with Crippen molar-refractivity contribution in [3.05, 3.63) is 54.2 Å². The Labute approximate surface area is 140 Å². The van der Waals surface area contributed by atoms with Crippen LogP contribution in [0.5, 0.6) is 0 Å². The van der Waals surface area contributed by atoms with Crippen molar-refractivity contribution in [3.63, 3.8) is 0 Å². The molecule has 0 aliphatic rings. The summed E-state index contributed by atoms with van der Waals surface area (Å²) in [5.74, 6) is -0.533. The highest BCUT2D eigenvalue weighted by Crippen LogP contribution is 2.19. The number of nitrogens with zero attached hydrogens (tertiary/aromatic N) is 2. The van der Waals surface area contributed by atoms with Gasteiger partial charge in [-0.3, -0.25) is 4.79 Å². The Balaban J connectivity index is 2.16. The van der Waals surface area contributed by atoms with Crippen LogP contribution in [0.2, 0.25) is 0 Å². The first-order valence-corrected chi connectivity index (χ1v) is 7.56. The van der Waals surface area contributed by atoms with Gasteiger partial charge in [0.05, 0.1) is 13.2 Å². The van der Waals surface area contributed by atoms with E-state index in [4.69, 9.17) is 10.2 Å². The zero-order valence-electron chi connectivity index (χ0n) is 13.1. The van der Waals surface area contributed by atoms with E-state index >= 15 is 0 Å². The predicted octanol–water partition coefficient (Wildman–Crippen LogP) is 1.47. The van der Waals surface area contributed by atoms with Gasteiger partial charge in [-0.15, -0.1) is 0 Å². The third-order valence-electron chi connectivity index (χ3n) is 3.51. The van der Waals surface area contributed by atoms with Gasteiger partial charge in [0.25, 0.3) is 5.91 Å². The van der Waals surface area contributed by atoms with Crippen LogP contribution in [0.3, 0.4) is 0 Å². The zero-order valence-corrected chi connectivity index (χ0v) is 13.1. The Morgan fingerprint density at radius 2 is 1.79 bits per heavy atom. The van der Waals surface area contributed by atoms with E-state index in [1.807, 2.05) is 48.5 Å². The number of aliphatic hydroxyl groups is 2. The second kappa shape index (κ2) is 8.67. The molecule has 0 radical (unpaired) electrons. The molecule has 2 aromatic rings. The van der Waals surface area contributed by atoms with Crippen molar-refractivity contribution < 1.29 is 15.0 Å². The van der Waals surface area contributed by atoms with Crippen molar-refractivity contribution in [1.82, 2.24) is 4.90 Å². The first kappa shape index (κ1) is 17.5. The van der Waals surface area contributed by atoms with Crippen LogP contribution >= 0.6 is 0 Å². The first-order valence-electron chi connectivity index (χ1n) is 7.56. The summed E-state index contributed by atoms with van der Waals surface area (Å²) >= 11 is 0. The van der Waals surface area contributed by atoms with Gasteiger partial charge in [0.1, 0.15) is 11.6 Å². The third-order valence-corrected chi connectivity index (χ3v) is 3.51. The summed E-state index contributed by atoms with van der Waals surface area (Å²) in [5.41, 5.74) is 0.662. The Bertz CT molecular complexity index is 774. The predicted molar refractivity (Wildman–Crippen MR) is 92.0 cm³/mol. The molecule has 0 bridgehead atoms. The zero-order chi connectivity index (χ0) is 17.4. The lowest BCUT2D eigenvalue weighted by Crippen LogP contribution is -2.36. The summed E-state index contributed by atoms with van der Waals surface area (Å²) in [7, 11) is 0. The number of carbonyl (C=O) groups excluding carboxylic acids is 1. The summed E-state index contributed by atoms with van der Waals surface area (Å²) in [6.45, 7) is -0.339. The average molecular weight is 325 g/mol. The van der Waals surface area contributed by atoms with Crippen LogP contribution in [0.4, 0.5) is 5.69 Å². The topological polar surface area (TPSA) is 96.6 Å². The molecule has 0 unspecified atom stereocenters. The Morgan fingerprint density at radius 3 is 2.42 bits per heavy atom. The van der Waals surface area contributed by atoms with E-state index in [1.165, 1.54) is 11.1 Å². The molecule has 1 amide bonds. The van der Waals surface area contributed by atoms with Crippen LogP contribution in [0, 0.1) is 11.3 Å². The third kappa shape index (κ3) is 4.32. The lowest BCUT2D eigenvalue weighted by Gasteiger charge is -2.20. The van der Waals surface area contributed by atoms with Gasteiger partial charge in [-0.05, 0) is 22.9 Å². The molecule has 0 fully saturated rings. The van der Waals surface area contributed by atoms with Gasteiger partial charge in [-0.1, -0.05) is 30.3 Å². The quantitative estimate of drug-likeness (QED) is 0.529. The molecular weight excluding hydrogens is 306 g/mol. The van der Waals surface area contributed by atoms with E-state index in [0.717, 1.165) is 16.5 Å². The lowest BCUT2D eigenvalue weighted by molar-refractivity contribution is -0.127. The molecule has 0 saturated heterocycles. The van der Waals surface area contributed by atoms with Crippen LogP contribution < -0.4 is 5.32 Å². The highest BCUT2D eigenvalue weighted by molar-refractivity contribution is 5.97. The summed E-state index contributed by atoms with van der Waals surface area (Å²) in [4.78, 5) is 13.5. The monoisotopic (exact) mass is 325 g/mol. The smallest absolute Gasteiger partial charge is 0.266 e. The molecule has 0 aromatic heterocycles. The largest absolute Gasteiger partial charge is 0.395 e. The highest BCUT2D eigenvalue weighted by atomic mass is 16.3. The highest BCUT2D eigenvalue weighted by Gasteiger charge is 2.17. The molecule has 0 spiro atoms. The van der Waals surface area contributed by atoms with Crippen molar-refractivity contribution in [2.24, 2.45) is 0 Å². The van der Waals surface area contributed by atoms with Gasteiger partial charge in [-0.2, -0.15) is 5.26 Å². The fraction of sp³-hybridized carbons (Fsp3) is 0.222. The molecule has 0 atom stereocenters. The molecule has 2 aromatic carbocycles. The Morgan fingerprint density at radius 1 is 1.12 bits per heavy atom. The van der Waals surface area contributed by atoms with E-state index in [1.54, 1.807) is 0 Å². The van der Waals surface area contributed by atoms with E-state index in [9.17, 15) is 10.1 Å². The van der Waals surface area contributed by atoms with Gasteiger partial charge in [0.15, 0.2) is 0 Å². The van der Waals surface area contributed by atoms with E-state index in [-0.39, 0.29) is 31.9 Å². The number of carbonyl (C=O) groups is 1. The lowest BCUT2D eigenvalue weighted by atomic mass is 10.1. The summed E-state index contributed by atoms with van der Waals surface area (Å²) in [5, 5.41) is 32.3. The minimum absolute atomic E-state index is 0.0639. The maximum Gasteiger partial charge on any atom is 0.266 e.